The van der Waals surface area contributed by atoms with Gasteiger partial charge in [-0.15, -0.1) is 0 Å². The van der Waals surface area contributed by atoms with E-state index in [1.807, 2.05) is 30.3 Å². The fourth-order valence-electron chi connectivity index (χ4n) is 1.95. The molecular weight excluding hydrogens is 287 g/mol. The van der Waals surface area contributed by atoms with E-state index < -0.39 is 17.6 Å². The second-order valence-electron chi connectivity index (χ2n) is 4.61. The van der Waals surface area contributed by atoms with E-state index in [1.165, 1.54) is 12.1 Å². The van der Waals surface area contributed by atoms with Crippen LogP contribution in [0.5, 0.6) is 0 Å². The van der Waals surface area contributed by atoms with Gasteiger partial charge in [-0.25, -0.2) is 4.39 Å². The van der Waals surface area contributed by atoms with Crippen molar-refractivity contribution >= 4 is 28.8 Å². The van der Waals surface area contributed by atoms with Crippen molar-refractivity contribution in [2.24, 2.45) is 11.7 Å². The monoisotopic (exact) mass is 302 g/mol. The summed E-state index contributed by atoms with van der Waals surface area (Å²) in [5, 5.41) is 2.53. The van der Waals surface area contributed by atoms with Crippen molar-refractivity contribution < 1.29 is 9.18 Å². The molecule has 2 aromatic rings. The Kier molecular flexibility index (Phi) is 5.00. The zero-order valence-corrected chi connectivity index (χ0v) is 12.1. The number of carbonyl (C=O) groups is 1. The van der Waals surface area contributed by atoms with Gasteiger partial charge in [0.25, 0.3) is 0 Å². The third kappa shape index (κ3) is 4.10. The van der Waals surface area contributed by atoms with Crippen LogP contribution in [0.2, 0.25) is 0 Å². The Bertz CT molecular complexity index is 646. The Morgan fingerprint density at radius 1 is 1.14 bits per heavy atom. The predicted octanol–water partition coefficient (Wildman–Crippen LogP) is 2.91. The Balaban J connectivity index is 2.13. The lowest BCUT2D eigenvalue weighted by Gasteiger charge is -2.16. The number of nitrogens with two attached hydrogens (primary N) is 1. The molecule has 1 atom stereocenters. The Labute approximate surface area is 128 Å². The third-order valence-corrected chi connectivity index (χ3v) is 3.36. The summed E-state index contributed by atoms with van der Waals surface area (Å²) in [6.07, 6.45) is 0.385. The van der Waals surface area contributed by atoms with E-state index in [-0.39, 0.29) is 10.7 Å². The van der Waals surface area contributed by atoms with Gasteiger partial charge in [-0.2, -0.15) is 0 Å². The van der Waals surface area contributed by atoms with E-state index in [2.05, 4.69) is 5.32 Å². The highest BCUT2D eigenvalue weighted by Crippen LogP contribution is 2.16. The van der Waals surface area contributed by atoms with Crippen LogP contribution in [0.15, 0.2) is 54.6 Å². The van der Waals surface area contributed by atoms with E-state index in [0.717, 1.165) is 5.56 Å². The molecule has 1 amide bonds. The number of hydrogen-bond donors (Lipinski definition) is 2. The molecule has 0 saturated heterocycles. The van der Waals surface area contributed by atoms with E-state index in [4.69, 9.17) is 18.0 Å². The van der Waals surface area contributed by atoms with Crippen molar-refractivity contribution in [1.29, 1.82) is 0 Å². The number of anilines is 1. The molecule has 0 fully saturated rings. The number of hydrogen-bond acceptors (Lipinski definition) is 2. The number of rotatable bonds is 5. The van der Waals surface area contributed by atoms with Crippen LogP contribution < -0.4 is 11.1 Å². The summed E-state index contributed by atoms with van der Waals surface area (Å²) in [7, 11) is 0. The topological polar surface area (TPSA) is 55.1 Å². The average molecular weight is 302 g/mol. The number of carbonyl (C=O) groups excluding carboxylic acids is 1. The van der Waals surface area contributed by atoms with Gasteiger partial charge in [0.05, 0.1) is 16.6 Å². The molecule has 108 valence electrons. The molecule has 0 aliphatic carbocycles. The smallest absolute Gasteiger partial charge is 0.234 e. The second kappa shape index (κ2) is 6.95. The van der Waals surface area contributed by atoms with E-state index >= 15 is 0 Å². The maximum absolute atomic E-state index is 13.6. The number of benzene rings is 2. The molecule has 0 spiro atoms. The maximum Gasteiger partial charge on any atom is 0.234 e. The van der Waals surface area contributed by atoms with Gasteiger partial charge in [-0.3, -0.25) is 4.79 Å². The highest BCUT2D eigenvalue weighted by molar-refractivity contribution is 7.80. The summed E-state index contributed by atoms with van der Waals surface area (Å²) in [4.78, 5) is 12.4. The van der Waals surface area contributed by atoms with Crippen LogP contribution in [0.3, 0.4) is 0 Å². The molecule has 0 aromatic heterocycles. The summed E-state index contributed by atoms with van der Waals surface area (Å²) in [5.41, 5.74) is 6.72. The van der Waals surface area contributed by atoms with Crippen LogP contribution in [0.25, 0.3) is 0 Å². The summed E-state index contributed by atoms with van der Waals surface area (Å²) < 4.78 is 13.6. The van der Waals surface area contributed by atoms with E-state index in [1.54, 1.807) is 12.1 Å². The van der Waals surface area contributed by atoms with Crippen molar-refractivity contribution in [3.8, 4) is 0 Å². The SMILES string of the molecule is NC(=S)C(Cc1ccccc1)C(=O)Nc1ccccc1F. The first-order valence-corrected chi connectivity index (χ1v) is 6.87. The molecule has 1 unspecified atom stereocenters. The molecule has 0 radical (unpaired) electrons. The number of para-hydroxylation sites is 1. The van der Waals surface area contributed by atoms with Crippen LogP contribution >= 0.6 is 12.2 Å². The molecule has 5 heteroatoms. The lowest BCUT2D eigenvalue weighted by atomic mass is 9.98. The highest BCUT2D eigenvalue weighted by Gasteiger charge is 2.22. The third-order valence-electron chi connectivity index (χ3n) is 3.07. The van der Waals surface area contributed by atoms with E-state index in [9.17, 15) is 9.18 Å². The van der Waals surface area contributed by atoms with Crippen molar-refractivity contribution in [3.63, 3.8) is 0 Å². The fraction of sp³-hybridized carbons (Fsp3) is 0.125. The van der Waals surface area contributed by atoms with Gasteiger partial charge < -0.3 is 11.1 Å². The van der Waals surface area contributed by atoms with Gasteiger partial charge in [-0.1, -0.05) is 54.7 Å². The molecule has 0 bridgehead atoms. The van der Waals surface area contributed by atoms with Gasteiger partial charge in [0.15, 0.2) is 0 Å². The van der Waals surface area contributed by atoms with E-state index in [0.29, 0.717) is 6.42 Å². The quantitative estimate of drug-likeness (QED) is 0.835. The second-order valence-corrected chi connectivity index (χ2v) is 5.09. The van der Waals surface area contributed by atoms with Crippen molar-refractivity contribution in [1.82, 2.24) is 0 Å². The van der Waals surface area contributed by atoms with Crippen LogP contribution in [0.1, 0.15) is 5.56 Å². The molecular formula is C16H15FN2OS. The molecule has 2 aromatic carbocycles. The van der Waals surface area contributed by atoms with Crippen LogP contribution in [-0.2, 0) is 11.2 Å². The number of amides is 1. The number of halogens is 1. The lowest BCUT2D eigenvalue weighted by molar-refractivity contribution is -0.118. The summed E-state index contributed by atoms with van der Waals surface area (Å²) in [6.45, 7) is 0. The van der Waals surface area contributed by atoms with Gasteiger partial charge >= 0.3 is 0 Å². The first kappa shape index (κ1) is 15.1. The lowest BCUT2D eigenvalue weighted by Crippen LogP contribution is -2.35. The van der Waals surface area contributed by atoms with Gasteiger partial charge in [0.1, 0.15) is 5.82 Å². The summed E-state index contributed by atoms with van der Waals surface area (Å²) in [5.74, 6) is -1.58. The zero-order valence-electron chi connectivity index (χ0n) is 11.3. The summed E-state index contributed by atoms with van der Waals surface area (Å²) in [6, 6.07) is 15.4. The highest BCUT2D eigenvalue weighted by atomic mass is 32.1. The predicted molar refractivity (Wildman–Crippen MR) is 85.5 cm³/mol. The molecule has 2 rings (SSSR count). The zero-order chi connectivity index (χ0) is 15.2. The molecule has 0 aliphatic rings. The van der Waals surface area contributed by atoms with Crippen molar-refractivity contribution in [3.05, 3.63) is 66.0 Å². The van der Waals surface area contributed by atoms with Gasteiger partial charge in [-0.05, 0) is 24.1 Å². The van der Waals surface area contributed by atoms with Gasteiger partial charge in [0, 0.05) is 0 Å². The molecule has 3 N–H and O–H groups in total. The Morgan fingerprint density at radius 2 is 1.76 bits per heavy atom. The van der Waals surface area contributed by atoms with Crippen molar-refractivity contribution in [2.45, 2.75) is 6.42 Å². The molecule has 21 heavy (non-hydrogen) atoms. The first-order chi connectivity index (χ1) is 10.1. The van der Waals surface area contributed by atoms with Crippen LogP contribution in [0.4, 0.5) is 10.1 Å². The molecule has 0 aliphatic heterocycles. The minimum Gasteiger partial charge on any atom is -0.393 e. The fourth-order valence-corrected chi connectivity index (χ4v) is 2.15. The standard InChI is InChI=1S/C16H15FN2OS/c17-13-8-4-5-9-14(13)19-16(20)12(15(18)21)10-11-6-2-1-3-7-11/h1-9,12H,10H2,(H2,18,21)(H,19,20). The minimum absolute atomic E-state index is 0.0905. The number of nitrogens with one attached hydrogen (secondary N) is 1. The molecule has 0 saturated carbocycles. The molecule has 3 nitrogen and oxygen atoms in total. The first-order valence-electron chi connectivity index (χ1n) is 6.46. The average Bonchev–Trinajstić information content (AvgIpc) is 2.48. The maximum atomic E-state index is 13.6. The van der Waals surface area contributed by atoms with Crippen LogP contribution in [0, 0.1) is 11.7 Å². The van der Waals surface area contributed by atoms with Gasteiger partial charge in [0.2, 0.25) is 5.91 Å². The Morgan fingerprint density at radius 3 is 2.38 bits per heavy atom. The number of thiocarbonyl (C=S) groups is 1. The molecule has 0 heterocycles. The minimum atomic E-state index is -0.679. The van der Waals surface area contributed by atoms with Crippen LogP contribution in [-0.4, -0.2) is 10.9 Å². The largest absolute Gasteiger partial charge is 0.393 e. The normalized spacial score (nSPS) is 11.7. The summed E-state index contributed by atoms with van der Waals surface area (Å²) >= 11 is 4.96. The van der Waals surface area contributed by atoms with Crippen molar-refractivity contribution in [2.75, 3.05) is 5.32 Å². The Hall–Kier alpha value is -2.27.